The molecule has 0 saturated heterocycles. The van der Waals surface area contributed by atoms with Gasteiger partial charge >= 0.3 is 5.65 Å². The number of benzene rings is 1. The summed E-state index contributed by atoms with van der Waals surface area (Å²) in [6.45, 7) is 2.53. The molecule has 0 aliphatic rings. The van der Waals surface area contributed by atoms with Crippen LogP contribution in [0.4, 0.5) is 0 Å². The number of rotatable bonds is 3. The maximum Gasteiger partial charge on any atom is 0.317 e. The predicted molar refractivity (Wildman–Crippen MR) is 67.7 cm³/mol. The van der Waals surface area contributed by atoms with Crippen molar-refractivity contribution in [3.05, 3.63) is 35.7 Å². The summed E-state index contributed by atoms with van der Waals surface area (Å²) < 4.78 is 6.31. The third-order valence-corrected chi connectivity index (χ3v) is 2.93. The first-order chi connectivity index (χ1) is 9.74. The van der Waals surface area contributed by atoms with Crippen molar-refractivity contribution in [1.29, 1.82) is 0 Å². The lowest BCUT2D eigenvalue weighted by Crippen LogP contribution is -2.38. The van der Waals surface area contributed by atoms with Crippen molar-refractivity contribution in [2.45, 2.75) is 13.5 Å². The Balaban J connectivity index is 2.36. The van der Waals surface area contributed by atoms with E-state index < -0.39 is 5.95 Å². The molecule has 7 nitrogen and oxygen atoms in total. The number of tetrazole rings is 1. The number of nitrogens with zero attached hydrogens (tertiary/aromatic N) is 5. The van der Waals surface area contributed by atoms with Gasteiger partial charge in [-0.1, -0.05) is 22.7 Å². The van der Waals surface area contributed by atoms with Crippen molar-refractivity contribution in [2.75, 3.05) is 7.11 Å². The molecule has 0 radical (unpaired) electrons. The second-order valence-corrected chi connectivity index (χ2v) is 4.15. The highest BCUT2D eigenvalue weighted by Gasteiger charge is 2.22. The molecule has 0 spiro atoms. The number of hydrogen-bond donors (Lipinski definition) is 0. The van der Waals surface area contributed by atoms with Gasteiger partial charge in [-0.15, -0.1) is 0 Å². The van der Waals surface area contributed by atoms with Gasteiger partial charge in [-0.2, -0.15) is 4.98 Å². The van der Waals surface area contributed by atoms with Crippen molar-refractivity contribution < 1.29 is 14.6 Å². The summed E-state index contributed by atoms with van der Waals surface area (Å²) in [5.74, 6) is 0.0496. The van der Waals surface area contributed by atoms with Crippen LogP contribution in [0.15, 0.2) is 30.3 Å². The molecular formula is C13H13N5O2. The molecule has 3 rings (SSSR count). The molecule has 102 valence electrons. The van der Waals surface area contributed by atoms with Crippen LogP contribution < -0.4 is 15.3 Å². The average molecular weight is 271 g/mol. The minimum atomic E-state index is -0.521. The molecule has 0 aliphatic heterocycles. The maximum atomic E-state index is 11.8. The lowest BCUT2D eigenvalue weighted by atomic mass is 10.2. The van der Waals surface area contributed by atoms with Crippen LogP contribution in [-0.2, 0) is 11.3 Å². The van der Waals surface area contributed by atoms with Crippen LogP contribution in [0.3, 0.4) is 0 Å². The van der Waals surface area contributed by atoms with Crippen LogP contribution in [-0.4, -0.2) is 26.9 Å². The number of ether oxygens (including phenoxy) is 1. The second kappa shape index (κ2) is 4.76. The van der Waals surface area contributed by atoms with E-state index in [1.807, 2.05) is 37.3 Å². The largest absolute Gasteiger partial charge is 0.615 e. The van der Waals surface area contributed by atoms with E-state index in [-0.39, 0.29) is 5.35 Å². The molecule has 1 aromatic carbocycles. The zero-order valence-electron chi connectivity index (χ0n) is 11.1. The van der Waals surface area contributed by atoms with Gasteiger partial charge in [-0.3, -0.25) is 0 Å². The predicted octanol–water partition coefficient (Wildman–Crippen LogP) is -1.11. The quantitative estimate of drug-likeness (QED) is 0.564. The van der Waals surface area contributed by atoms with Gasteiger partial charge in [-0.25, -0.2) is 0 Å². The topological polar surface area (TPSA) is 79.2 Å². The first kappa shape index (κ1) is 12.3. The molecule has 2 aromatic heterocycles. The molecule has 0 amide bonds. The van der Waals surface area contributed by atoms with Crippen molar-refractivity contribution in [2.24, 2.45) is 0 Å². The van der Waals surface area contributed by atoms with Crippen LogP contribution in [0.25, 0.3) is 23.0 Å². The Hall–Kier alpha value is -2.70. The van der Waals surface area contributed by atoms with Gasteiger partial charge in [0.2, 0.25) is 0 Å². The number of hydrogen-bond acceptors (Lipinski definition) is 5. The lowest BCUT2D eigenvalue weighted by molar-refractivity contribution is -0.802. The van der Waals surface area contributed by atoms with Gasteiger partial charge in [0.25, 0.3) is 5.82 Å². The Morgan fingerprint density at radius 3 is 2.75 bits per heavy atom. The van der Waals surface area contributed by atoms with Crippen molar-refractivity contribution >= 4 is 11.6 Å². The minimum absolute atomic E-state index is 0.172. The first-order valence-corrected chi connectivity index (χ1v) is 6.22. The van der Waals surface area contributed by atoms with Crippen molar-refractivity contribution in [3.8, 4) is 11.4 Å². The fraction of sp³-hybridized carbons (Fsp3) is 0.231. The summed E-state index contributed by atoms with van der Waals surface area (Å²) in [6.07, 6.45) is 0. The summed E-state index contributed by atoms with van der Waals surface area (Å²) in [6, 6.07) is 9.52. The zero-order chi connectivity index (χ0) is 14.1. The highest BCUT2D eigenvalue weighted by Crippen LogP contribution is 2.14. The smallest absolute Gasteiger partial charge is 0.317 e. The van der Waals surface area contributed by atoms with Gasteiger partial charge in [0.15, 0.2) is 5.35 Å². The Bertz CT molecular complexity index is 797. The normalized spacial score (nSPS) is 12.7. The number of methoxy groups -OCH3 is 1. The van der Waals surface area contributed by atoms with Crippen molar-refractivity contribution in [3.63, 3.8) is 0 Å². The minimum Gasteiger partial charge on any atom is -0.615 e. The van der Waals surface area contributed by atoms with Crippen molar-refractivity contribution in [1.82, 2.24) is 19.8 Å². The van der Waals surface area contributed by atoms with Crippen LogP contribution in [0.2, 0.25) is 0 Å². The van der Waals surface area contributed by atoms with E-state index in [4.69, 9.17) is 4.74 Å². The molecule has 7 heteroatoms. The van der Waals surface area contributed by atoms with Crippen LogP contribution in [0.1, 0.15) is 6.92 Å². The molecule has 0 atom stereocenters. The van der Waals surface area contributed by atoms with Crippen LogP contribution in [0.5, 0.6) is 0 Å². The van der Waals surface area contributed by atoms with Crippen LogP contribution >= 0.6 is 0 Å². The summed E-state index contributed by atoms with van der Waals surface area (Å²) in [4.78, 5) is 5.83. The monoisotopic (exact) mass is 271 g/mol. The average Bonchev–Trinajstić information content (AvgIpc) is 3.05. The van der Waals surface area contributed by atoms with E-state index in [1.54, 1.807) is 4.52 Å². The number of imidazole rings is 1. The summed E-state index contributed by atoms with van der Waals surface area (Å²) >= 11 is 0. The standard InChI is InChI=1S/C13H13N5O2/c1-3-17-15-12-10(13(19)20-2)14-11(18(12)16-17)9-7-5-4-6-8-9/h4-8H,3H2,1-2H3. The van der Waals surface area contributed by atoms with Gasteiger partial charge in [0.05, 0.1) is 5.95 Å². The molecule has 0 saturated carbocycles. The van der Waals surface area contributed by atoms with Gasteiger partial charge < -0.3 is 9.84 Å². The molecular weight excluding hydrogens is 258 g/mol. The molecule has 0 fully saturated rings. The van der Waals surface area contributed by atoms with E-state index in [0.717, 1.165) is 5.56 Å². The highest BCUT2D eigenvalue weighted by atomic mass is 16.6. The summed E-state index contributed by atoms with van der Waals surface area (Å²) in [7, 11) is 1.32. The maximum absolute atomic E-state index is 11.8. The Morgan fingerprint density at radius 2 is 2.10 bits per heavy atom. The second-order valence-electron chi connectivity index (χ2n) is 4.15. The molecule has 3 aromatic rings. The third kappa shape index (κ3) is 1.83. The molecule has 2 heterocycles. The SMILES string of the molecule is CC[n+]1nc2/c(=C(/[O-])OC)nc(-c3ccccc3)n2n1. The van der Waals surface area contributed by atoms with Gasteiger partial charge in [-0.05, 0) is 36.1 Å². The number of aromatic nitrogens is 5. The Labute approximate surface area is 114 Å². The number of fused-ring (bicyclic) bond motifs is 1. The van der Waals surface area contributed by atoms with Gasteiger partial charge in [0.1, 0.15) is 11.8 Å². The fourth-order valence-electron chi connectivity index (χ4n) is 1.95. The number of aryl methyl sites for hydroxylation is 1. The van der Waals surface area contributed by atoms with E-state index >= 15 is 0 Å². The summed E-state index contributed by atoms with van der Waals surface area (Å²) in [5.41, 5.74) is 1.26. The molecule has 20 heavy (non-hydrogen) atoms. The Morgan fingerprint density at radius 1 is 1.35 bits per heavy atom. The molecule has 0 bridgehead atoms. The Kier molecular flexibility index (Phi) is 2.94. The van der Waals surface area contributed by atoms with E-state index in [1.165, 1.54) is 11.9 Å². The highest BCUT2D eigenvalue weighted by molar-refractivity contribution is 5.60. The third-order valence-electron chi connectivity index (χ3n) is 2.93. The first-order valence-electron chi connectivity index (χ1n) is 6.22. The van der Waals surface area contributed by atoms with E-state index in [2.05, 4.69) is 15.3 Å². The zero-order valence-corrected chi connectivity index (χ0v) is 11.1. The lowest BCUT2D eigenvalue weighted by Gasteiger charge is -2.03. The van der Waals surface area contributed by atoms with Crippen LogP contribution in [0, 0.1) is 0 Å². The van der Waals surface area contributed by atoms with E-state index in [0.29, 0.717) is 18.0 Å². The molecule has 0 N–H and O–H groups in total. The molecule has 0 aliphatic carbocycles. The molecule has 0 unspecified atom stereocenters. The van der Waals surface area contributed by atoms with E-state index in [9.17, 15) is 5.11 Å². The summed E-state index contributed by atoms with van der Waals surface area (Å²) in [5, 5.41) is 20.5. The fourth-order valence-corrected chi connectivity index (χ4v) is 1.95. The van der Waals surface area contributed by atoms with Gasteiger partial charge in [0, 0.05) is 5.56 Å².